The Balaban J connectivity index is 0.00000256. The average Bonchev–Trinajstić information content (AvgIpc) is 3.39. The number of nitrogens with zero attached hydrogens (tertiary/aromatic N) is 5. The predicted octanol–water partition coefficient (Wildman–Crippen LogP) is 3.45. The highest BCUT2D eigenvalue weighted by molar-refractivity contribution is 14.0. The van der Waals surface area contributed by atoms with Crippen LogP contribution in [0.4, 0.5) is 5.13 Å². The van der Waals surface area contributed by atoms with E-state index in [0.717, 1.165) is 62.5 Å². The predicted molar refractivity (Wildman–Crippen MR) is 137 cm³/mol. The van der Waals surface area contributed by atoms with E-state index < -0.39 is 0 Å². The van der Waals surface area contributed by atoms with Gasteiger partial charge in [0.05, 0.1) is 0 Å². The van der Waals surface area contributed by atoms with Crippen LogP contribution in [0, 0.1) is 6.92 Å². The van der Waals surface area contributed by atoms with Gasteiger partial charge in [-0.2, -0.15) is 4.37 Å². The second kappa shape index (κ2) is 10.4. The Kier molecular flexibility index (Phi) is 7.93. The molecule has 1 aliphatic heterocycles. The Morgan fingerprint density at radius 1 is 1.27 bits per heavy atom. The molecule has 0 spiro atoms. The summed E-state index contributed by atoms with van der Waals surface area (Å²) in [7, 11) is 1.86. The van der Waals surface area contributed by atoms with Crippen molar-refractivity contribution >= 4 is 57.5 Å². The summed E-state index contributed by atoms with van der Waals surface area (Å²) in [4.78, 5) is 17.2. The van der Waals surface area contributed by atoms with Crippen LogP contribution in [0.3, 0.4) is 0 Å². The zero-order valence-corrected chi connectivity index (χ0v) is 21.0. The summed E-state index contributed by atoms with van der Waals surface area (Å²) in [5, 5.41) is 5.94. The van der Waals surface area contributed by atoms with Crippen LogP contribution >= 0.6 is 35.5 Å². The van der Waals surface area contributed by atoms with Crippen LogP contribution in [0.15, 0.2) is 29.4 Å². The van der Waals surface area contributed by atoms with Crippen molar-refractivity contribution in [2.24, 2.45) is 4.99 Å². The molecule has 0 amide bonds. The van der Waals surface area contributed by atoms with Crippen LogP contribution in [0.2, 0.25) is 0 Å². The van der Waals surface area contributed by atoms with E-state index in [4.69, 9.17) is 0 Å². The van der Waals surface area contributed by atoms with Gasteiger partial charge < -0.3 is 20.1 Å². The SMILES string of the molecule is CCc1nsc(N2CCN(C(=NC)NCCc3c[nH]c4cccc(C)c34)CC2)n1.I. The van der Waals surface area contributed by atoms with Crippen LogP contribution in [-0.4, -0.2) is 65.0 Å². The van der Waals surface area contributed by atoms with Crippen molar-refractivity contribution in [3.63, 3.8) is 0 Å². The minimum Gasteiger partial charge on any atom is -0.361 e. The van der Waals surface area contributed by atoms with E-state index in [-0.39, 0.29) is 24.0 Å². The van der Waals surface area contributed by atoms with E-state index in [2.05, 4.69) is 72.7 Å². The maximum Gasteiger partial charge on any atom is 0.205 e. The minimum atomic E-state index is 0. The molecule has 1 aliphatic rings. The molecular weight excluding hydrogens is 509 g/mol. The van der Waals surface area contributed by atoms with Gasteiger partial charge in [-0.15, -0.1) is 24.0 Å². The van der Waals surface area contributed by atoms with E-state index in [1.54, 1.807) is 0 Å². The number of aliphatic imine (C=N–C) groups is 1. The largest absolute Gasteiger partial charge is 0.361 e. The number of piperazine rings is 1. The molecule has 0 radical (unpaired) electrons. The summed E-state index contributed by atoms with van der Waals surface area (Å²) in [6.45, 7) is 8.90. The number of aryl methyl sites for hydroxylation is 2. The molecule has 2 N–H and O–H groups in total. The molecule has 162 valence electrons. The molecule has 0 saturated carbocycles. The Morgan fingerprint density at radius 3 is 2.77 bits per heavy atom. The van der Waals surface area contributed by atoms with Crippen LogP contribution in [-0.2, 0) is 12.8 Å². The number of guanidine groups is 1. The number of rotatable bonds is 5. The number of halogens is 1. The molecule has 30 heavy (non-hydrogen) atoms. The number of aromatic amines is 1. The van der Waals surface area contributed by atoms with E-state index >= 15 is 0 Å². The van der Waals surface area contributed by atoms with Crippen LogP contribution in [0.5, 0.6) is 0 Å². The molecule has 3 aromatic rings. The van der Waals surface area contributed by atoms with Gasteiger partial charge in [0.15, 0.2) is 5.96 Å². The number of aromatic nitrogens is 3. The highest BCUT2D eigenvalue weighted by Gasteiger charge is 2.22. The van der Waals surface area contributed by atoms with Gasteiger partial charge in [0.25, 0.3) is 0 Å². The monoisotopic (exact) mass is 539 g/mol. The lowest BCUT2D eigenvalue weighted by Crippen LogP contribution is -2.52. The number of benzene rings is 1. The van der Waals surface area contributed by atoms with Crippen molar-refractivity contribution in [3.05, 3.63) is 41.3 Å². The quantitative estimate of drug-likeness (QED) is 0.295. The van der Waals surface area contributed by atoms with Crippen molar-refractivity contribution in [2.75, 3.05) is 44.7 Å². The van der Waals surface area contributed by atoms with E-state index in [0.29, 0.717) is 0 Å². The molecule has 7 nitrogen and oxygen atoms in total. The first-order valence-electron chi connectivity index (χ1n) is 10.3. The summed E-state index contributed by atoms with van der Waals surface area (Å²) >= 11 is 1.51. The second-order valence-corrected chi connectivity index (χ2v) is 8.09. The van der Waals surface area contributed by atoms with Gasteiger partial charge >= 0.3 is 0 Å². The Morgan fingerprint density at radius 2 is 2.07 bits per heavy atom. The zero-order valence-electron chi connectivity index (χ0n) is 17.8. The lowest BCUT2D eigenvalue weighted by atomic mass is 10.1. The van der Waals surface area contributed by atoms with Gasteiger partial charge in [0.1, 0.15) is 5.82 Å². The summed E-state index contributed by atoms with van der Waals surface area (Å²) < 4.78 is 4.41. The molecule has 9 heteroatoms. The van der Waals surface area contributed by atoms with Gasteiger partial charge in [-0.3, -0.25) is 4.99 Å². The van der Waals surface area contributed by atoms with Crippen molar-refractivity contribution in [1.82, 2.24) is 24.6 Å². The molecular formula is C21H30IN7S. The maximum atomic E-state index is 4.62. The molecule has 0 atom stereocenters. The first-order valence-corrected chi connectivity index (χ1v) is 11.1. The summed E-state index contributed by atoms with van der Waals surface area (Å²) in [5.41, 5.74) is 3.89. The fourth-order valence-corrected chi connectivity index (χ4v) is 4.72. The molecule has 0 unspecified atom stereocenters. The summed E-state index contributed by atoms with van der Waals surface area (Å²) in [6.07, 6.45) is 3.99. The third-order valence-corrected chi connectivity index (χ3v) is 6.32. The van der Waals surface area contributed by atoms with Crippen molar-refractivity contribution in [3.8, 4) is 0 Å². The number of fused-ring (bicyclic) bond motifs is 1. The summed E-state index contributed by atoms with van der Waals surface area (Å²) in [6, 6.07) is 6.41. The molecule has 0 aliphatic carbocycles. The van der Waals surface area contributed by atoms with Crippen molar-refractivity contribution in [1.29, 1.82) is 0 Å². The van der Waals surface area contributed by atoms with E-state index in [1.807, 2.05) is 7.05 Å². The number of anilines is 1. The number of H-pyrrole nitrogens is 1. The topological polar surface area (TPSA) is 72.4 Å². The number of nitrogens with one attached hydrogen (secondary N) is 2. The second-order valence-electron chi connectivity index (χ2n) is 7.36. The van der Waals surface area contributed by atoms with Crippen LogP contribution in [0.25, 0.3) is 10.9 Å². The van der Waals surface area contributed by atoms with Crippen molar-refractivity contribution in [2.45, 2.75) is 26.7 Å². The first-order chi connectivity index (χ1) is 14.2. The number of hydrogen-bond donors (Lipinski definition) is 2. The first kappa shape index (κ1) is 22.8. The minimum absolute atomic E-state index is 0. The van der Waals surface area contributed by atoms with Crippen LogP contribution in [0.1, 0.15) is 23.9 Å². The highest BCUT2D eigenvalue weighted by atomic mass is 127. The van der Waals surface area contributed by atoms with Crippen LogP contribution < -0.4 is 10.2 Å². The lowest BCUT2D eigenvalue weighted by molar-refractivity contribution is 0.372. The third-order valence-electron chi connectivity index (χ3n) is 5.51. The Labute approximate surface area is 199 Å². The van der Waals surface area contributed by atoms with Gasteiger partial charge in [0.2, 0.25) is 5.13 Å². The van der Waals surface area contributed by atoms with E-state index in [1.165, 1.54) is 33.6 Å². The van der Waals surface area contributed by atoms with Gasteiger partial charge in [-0.25, -0.2) is 4.98 Å². The molecule has 2 aromatic heterocycles. The van der Waals surface area contributed by atoms with Gasteiger partial charge in [0, 0.05) is 74.8 Å². The smallest absolute Gasteiger partial charge is 0.205 e. The molecule has 1 aromatic carbocycles. The average molecular weight is 539 g/mol. The number of hydrogen-bond acceptors (Lipinski definition) is 5. The molecule has 4 rings (SSSR count). The normalized spacial score (nSPS) is 14.8. The Bertz CT molecular complexity index is 988. The molecule has 1 fully saturated rings. The standard InChI is InChI=1S/C21H29N7S.HI/c1-4-18-25-21(29-26-18)28-12-10-27(11-13-28)20(22-3)23-9-8-16-14-24-17-7-5-6-15(2)19(16)17;/h5-7,14,24H,4,8-13H2,1-3H3,(H,22,23);1H. The third kappa shape index (κ3) is 4.88. The zero-order chi connectivity index (χ0) is 20.2. The molecule has 3 heterocycles. The van der Waals surface area contributed by atoms with E-state index in [9.17, 15) is 0 Å². The fraction of sp³-hybridized carbons (Fsp3) is 0.476. The lowest BCUT2D eigenvalue weighted by Gasteiger charge is -2.36. The van der Waals surface area contributed by atoms with Crippen molar-refractivity contribution < 1.29 is 0 Å². The Hall–Kier alpha value is -1.88. The molecule has 1 saturated heterocycles. The fourth-order valence-electron chi connectivity index (χ4n) is 3.92. The molecule has 0 bridgehead atoms. The highest BCUT2D eigenvalue weighted by Crippen LogP contribution is 2.22. The van der Waals surface area contributed by atoms with Gasteiger partial charge in [-0.05, 0) is 30.5 Å². The summed E-state index contributed by atoms with van der Waals surface area (Å²) in [5.74, 6) is 1.92. The maximum absolute atomic E-state index is 4.62. The van der Waals surface area contributed by atoms with Gasteiger partial charge in [-0.1, -0.05) is 19.1 Å².